The van der Waals surface area contributed by atoms with Gasteiger partial charge < -0.3 is 15.4 Å². The average Bonchev–Trinajstić information content (AvgIpc) is 2.88. The Balaban J connectivity index is 2.06. The number of aromatic nitrogens is 2. The molecule has 0 spiro atoms. The smallest absolute Gasteiger partial charge is 0.146 e. The van der Waals surface area contributed by atoms with E-state index >= 15 is 0 Å². The number of anilines is 2. The Morgan fingerprint density at radius 2 is 2.28 bits per heavy atom. The molecular weight excluding hydrogens is 296 g/mol. The molecule has 2 rings (SSSR count). The predicted molar refractivity (Wildman–Crippen MR) is 76.0 cm³/mol. The van der Waals surface area contributed by atoms with Gasteiger partial charge in [0.1, 0.15) is 22.4 Å². The molecule has 2 atom stereocenters. The van der Waals surface area contributed by atoms with Gasteiger partial charge in [0.15, 0.2) is 0 Å². The van der Waals surface area contributed by atoms with Gasteiger partial charge in [0.2, 0.25) is 0 Å². The van der Waals surface area contributed by atoms with Crippen LogP contribution in [0.15, 0.2) is 10.8 Å². The largest absolute Gasteiger partial charge is 0.376 e. The zero-order valence-corrected chi connectivity index (χ0v) is 12.3. The normalized spacial score (nSPS) is 20.7. The monoisotopic (exact) mass is 314 g/mol. The first-order chi connectivity index (χ1) is 8.72. The first-order valence-electron chi connectivity index (χ1n) is 6.35. The van der Waals surface area contributed by atoms with E-state index in [0.29, 0.717) is 0 Å². The maximum absolute atomic E-state index is 5.67. The Morgan fingerprint density at radius 1 is 1.50 bits per heavy atom. The highest BCUT2D eigenvalue weighted by Crippen LogP contribution is 2.28. The number of rotatable bonds is 5. The van der Waals surface area contributed by atoms with Crippen molar-refractivity contribution in [3.63, 3.8) is 0 Å². The highest BCUT2D eigenvalue weighted by atomic mass is 79.9. The lowest BCUT2D eigenvalue weighted by atomic mass is 10.1. The van der Waals surface area contributed by atoms with E-state index in [-0.39, 0.29) is 12.1 Å². The van der Waals surface area contributed by atoms with Crippen LogP contribution >= 0.6 is 15.9 Å². The second-order valence-electron chi connectivity index (χ2n) is 4.40. The fourth-order valence-corrected chi connectivity index (χ4v) is 2.53. The molecule has 1 aromatic rings. The molecule has 0 bridgehead atoms. The summed E-state index contributed by atoms with van der Waals surface area (Å²) in [5.74, 6) is 1.62. The summed E-state index contributed by atoms with van der Waals surface area (Å²) in [6.45, 7) is 5.86. The van der Waals surface area contributed by atoms with E-state index in [2.05, 4.69) is 43.5 Å². The average molecular weight is 315 g/mol. The summed E-state index contributed by atoms with van der Waals surface area (Å²) in [6, 6.07) is 0.244. The summed E-state index contributed by atoms with van der Waals surface area (Å²) in [5, 5.41) is 6.58. The molecule has 1 aliphatic heterocycles. The Morgan fingerprint density at radius 3 is 2.94 bits per heavy atom. The topological polar surface area (TPSA) is 59.1 Å². The zero-order valence-electron chi connectivity index (χ0n) is 10.7. The number of nitrogens with zero attached hydrogens (tertiary/aromatic N) is 2. The molecule has 0 aromatic carbocycles. The van der Waals surface area contributed by atoms with Gasteiger partial charge in [-0.2, -0.15) is 0 Å². The minimum Gasteiger partial charge on any atom is -0.376 e. The molecule has 18 heavy (non-hydrogen) atoms. The van der Waals surface area contributed by atoms with Crippen LogP contribution in [0.3, 0.4) is 0 Å². The Kier molecular flexibility index (Phi) is 4.77. The van der Waals surface area contributed by atoms with Crippen molar-refractivity contribution >= 4 is 27.6 Å². The minimum absolute atomic E-state index is 0.244. The van der Waals surface area contributed by atoms with Gasteiger partial charge in [-0.3, -0.25) is 0 Å². The second-order valence-corrected chi connectivity index (χ2v) is 5.19. The molecule has 6 heteroatoms. The Bertz CT molecular complexity index is 396. The third-order valence-electron chi connectivity index (χ3n) is 3.02. The molecule has 0 radical (unpaired) electrons. The summed E-state index contributed by atoms with van der Waals surface area (Å²) in [5.41, 5.74) is 0. The maximum Gasteiger partial charge on any atom is 0.146 e. The van der Waals surface area contributed by atoms with Crippen molar-refractivity contribution in [3.05, 3.63) is 10.8 Å². The molecule has 2 unspecified atom stereocenters. The zero-order chi connectivity index (χ0) is 13.0. The van der Waals surface area contributed by atoms with Gasteiger partial charge >= 0.3 is 0 Å². The third-order valence-corrected chi connectivity index (χ3v) is 3.77. The molecule has 1 aromatic heterocycles. The molecule has 1 saturated heterocycles. The standard InChI is InChI=1S/C12H19BrN4O/c1-3-14-11-10(13)12(16-7-15-11)17-8(2)9-5-4-6-18-9/h7-9H,3-6H2,1-2H3,(H2,14,15,16,17). The fraction of sp³-hybridized carbons (Fsp3) is 0.667. The lowest BCUT2D eigenvalue weighted by molar-refractivity contribution is 0.0995. The summed E-state index contributed by atoms with van der Waals surface area (Å²) in [4.78, 5) is 8.46. The number of nitrogens with one attached hydrogen (secondary N) is 2. The van der Waals surface area contributed by atoms with Gasteiger partial charge in [0.05, 0.1) is 12.1 Å². The van der Waals surface area contributed by atoms with E-state index in [1.165, 1.54) is 0 Å². The van der Waals surface area contributed by atoms with E-state index in [4.69, 9.17) is 4.74 Å². The number of hydrogen-bond acceptors (Lipinski definition) is 5. The van der Waals surface area contributed by atoms with E-state index in [0.717, 1.165) is 42.1 Å². The van der Waals surface area contributed by atoms with Gasteiger partial charge in [0, 0.05) is 13.2 Å². The van der Waals surface area contributed by atoms with Crippen molar-refractivity contribution in [2.24, 2.45) is 0 Å². The van der Waals surface area contributed by atoms with Crippen LogP contribution < -0.4 is 10.6 Å². The van der Waals surface area contributed by atoms with Crippen LogP contribution in [0.2, 0.25) is 0 Å². The van der Waals surface area contributed by atoms with E-state index in [1.807, 2.05) is 6.92 Å². The molecule has 100 valence electrons. The lowest BCUT2D eigenvalue weighted by Gasteiger charge is -2.21. The maximum atomic E-state index is 5.67. The lowest BCUT2D eigenvalue weighted by Crippen LogP contribution is -2.30. The van der Waals surface area contributed by atoms with Gasteiger partial charge in [-0.25, -0.2) is 9.97 Å². The van der Waals surface area contributed by atoms with Crippen molar-refractivity contribution in [1.82, 2.24) is 9.97 Å². The van der Waals surface area contributed by atoms with Crippen molar-refractivity contribution in [2.45, 2.75) is 38.8 Å². The van der Waals surface area contributed by atoms with Crippen LogP contribution in [0.25, 0.3) is 0 Å². The van der Waals surface area contributed by atoms with Gasteiger partial charge in [-0.15, -0.1) is 0 Å². The SMILES string of the molecule is CCNc1ncnc(NC(C)C2CCCO2)c1Br. The first kappa shape index (κ1) is 13.5. The first-order valence-corrected chi connectivity index (χ1v) is 7.14. The van der Waals surface area contributed by atoms with Crippen molar-refractivity contribution < 1.29 is 4.74 Å². The highest BCUT2D eigenvalue weighted by molar-refractivity contribution is 9.10. The second kappa shape index (κ2) is 6.33. The van der Waals surface area contributed by atoms with Gasteiger partial charge in [-0.05, 0) is 42.6 Å². The Labute approximate surface area is 116 Å². The van der Waals surface area contributed by atoms with Crippen LogP contribution in [0, 0.1) is 0 Å². The molecular formula is C12H19BrN4O. The van der Waals surface area contributed by atoms with Crippen LogP contribution in [-0.4, -0.2) is 35.3 Å². The number of ether oxygens (including phenoxy) is 1. The van der Waals surface area contributed by atoms with E-state index < -0.39 is 0 Å². The fourth-order valence-electron chi connectivity index (χ4n) is 2.07. The van der Waals surface area contributed by atoms with Crippen LogP contribution in [0.5, 0.6) is 0 Å². The van der Waals surface area contributed by atoms with Gasteiger partial charge in [-0.1, -0.05) is 0 Å². The summed E-state index contributed by atoms with van der Waals surface area (Å²) in [7, 11) is 0. The van der Waals surface area contributed by atoms with Gasteiger partial charge in [0.25, 0.3) is 0 Å². The third kappa shape index (κ3) is 3.11. The quantitative estimate of drug-likeness (QED) is 0.875. The van der Waals surface area contributed by atoms with E-state index in [1.54, 1.807) is 6.33 Å². The predicted octanol–water partition coefficient (Wildman–Crippen LogP) is 2.65. The van der Waals surface area contributed by atoms with Crippen LogP contribution in [0.1, 0.15) is 26.7 Å². The summed E-state index contributed by atoms with van der Waals surface area (Å²) >= 11 is 3.53. The minimum atomic E-state index is 0.244. The number of halogens is 1. The van der Waals surface area contributed by atoms with Crippen molar-refractivity contribution in [2.75, 3.05) is 23.8 Å². The molecule has 2 heterocycles. The molecule has 1 aliphatic rings. The summed E-state index contributed by atoms with van der Waals surface area (Å²) < 4.78 is 6.54. The molecule has 5 nitrogen and oxygen atoms in total. The van der Waals surface area contributed by atoms with Crippen molar-refractivity contribution in [1.29, 1.82) is 0 Å². The molecule has 0 saturated carbocycles. The summed E-state index contributed by atoms with van der Waals surface area (Å²) in [6.07, 6.45) is 4.09. The molecule has 0 amide bonds. The van der Waals surface area contributed by atoms with Crippen LogP contribution in [0.4, 0.5) is 11.6 Å². The molecule has 0 aliphatic carbocycles. The van der Waals surface area contributed by atoms with Crippen molar-refractivity contribution in [3.8, 4) is 0 Å². The Hall–Kier alpha value is -0.880. The number of hydrogen-bond donors (Lipinski definition) is 2. The van der Waals surface area contributed by atoms with E-state index in [9.17, 15) is 0 Å². The highest BCUT2D eigenvalue weighted by Gasteiger charge is 2.23. The van der Waals surface area contributed by atoms with Crippen LogP contribution in [-0.2, 0) is 4.74 Å². The molecule has 1 fully saturated rings. The molecule has 2 N–H and O–H groups in total.